The van der Waals surface area contributed by atoms with Crippen molar-refractivity contribution in [2.45, 2.75) is 29.2 Å². The number of sulfonamides is 1. The second kappa shape index (κ2) is 9.54. The number of carbonyl (C=O) groups is 2. The summed E-state index contributed by atoms with van der Waals surface area (Å²) in [6, 6.07) is 15.0. The standard InChI is InChI=1S/C18H20N2O5S2/c1-13(25-17(21)11-12-26-15-5-3-2-4-6-15)18(22)20-14-7-9-16(10-8-14)27(19,23)24/h2-10,13H,11-12H2,1H3,(H,20,22)(H2,19,23,24)/t13-/m1/s1. The third-order valence-electron chi connectivity index (χ3n) is 3.45. The van der Waals surface area contributed by atoms with Crippen LogP contribution in [-0.4, -0.2) is 32.2 Å². The number of thioether (sulfide) groups is 1. The van der Waals surface area contributed by atoms with Crippen LogP contribution >= 0.6 is 11.8 Å². The Bertz CT molecular complexity index is 884. The Labute approximate surface area is 162 Å². The summed E-state index contributed by atoms with van der Waals surface area (Å²) in [6.07, 6.45) is -0.794. The monoisotopic (exact) mass is 408 g/mol. The van der Waals surface area contributed by atoms with Crippen molar-refractivity contribution in [1.82, 2.24) is 0 Å². The van der Waals surface area contributed by atoms with E-state index in [1.807, 2.05) is 30.3 Å². The molecule has 1 atom stereocenters. The summed E-state index contributed by atoms with van der Waals surface area (Å²) >= 11 is 1.53. The zero-order chi connectivity index (χ0) is 19.9. The highest BCUT2D eigenvalue weighted by Crippen LogP contribution is 2.18. The fraction of sp³-hybridized carbons (Fsp3) is 0.222. The van der Waals surface area contributed by atoms with Crippen molar-refractivity contribution in [2.75, 3.05) is 11.1 Å². The third kappa shape index (κ3) is 7.05. The third-order valence-corrected chi connectivity index (χ3v) is 5.39. The average Bonchev–Trinajstić information content (AvgIpc) is 2.62. The van der Waals surface area contributed by atoms with Gasteiger partial charge < -0.3 is 10.1 Å². The van der Waals surface area contributed by atoms with Gasteiger partial charge in [-0.1, -0.05) is 18.2 Å². The summed E-state index contributed by atoms with van der Waals surface area (Å²) in [5.41, 5.74) is 0.370. The van der Waals surface area contributed by atoms with Crippen LogP contribution in [0.2, 0.25) is 0 Å². The van der Waals surface area contributed by atoms with Gasteiger partial charge in [-0.3, -0.25) is 9.59 Å². The molecule has 0 fully saturated rings. The number of rotatable bonds is 8. The van der Waals surface area contributed by atoms with E-state index in [0.29, 0.717) is 11.4 Å². The van der Waals surface area contributed by atoms with E-state index >= 15 is 0 Å². The normalized spacial score (nSPS) is 12.2. The summed E-state index contributed by atoms with van der Waals surface area (Å²) in [7, 11) is -3.79. The van der Waals surface area contributed by atoms with Gasteiger partial charge in [-0.25, -0.2) is 13.6 Å². The fourth-order valence-electron chi connectivity index (χ4n) is 2.05. The number of hydrogen-bond acceptors (Lipinski definition) is 6. The molecule has 3 N–H and O–H groups in total. The summed E-state index contributed by atoms with van der Waals surface area (Å²) in [5.74, 6) is -0.431. The minimum Gasteiger partial charge on any atom is -0.453 e. The molecule has 0 spiro atoms. The maximum atomic E-state index is 12.1. The van der Waals surface area contributed by atoms with E-state index in [1.54, 1.807) is 0 Å². The van der Waals surface area contributed by atoms with Gasteiger partial charge in [-0.15, -0.1) is 11.8 Å². The molecule has 0 saturated carbocycles. The van der Waals surface area contributed by atoms with Crippen LogP contribution in [0.1, 0.15) is 13.3 Å². The number of esters is 1. The highest BCUT2D eigenvalue weighted by Gasteiger charge is 2.18. The summed E-state index contributed by atoms with van der Waals surface area (Å²) in [6.45, 7) is 1.47. The van der Waals surface area contributed by atoms with Crippen LogP contribution in [0.3, 0.4) is 0 Å². The lowest BCUT2D eigenvalue weighted by molar-refractivity contribution is -0.152. The van der Waals surface area contributed by atoms with Gasteiger partial charge in [0.2, 0.25) is 10.0 Å². The first kappa shape index (κ1) is 20.9. The number of amides is 1. The number of hydrogen-bond donors (Lipinski definition) is 2. The molecule has 0 aliphatic heterocycles. The molecular formula is C18H20N2O5S2. The second-order valence-corrected chi connectivity index (χ2v) is 8.33. The molecule has 0 saturated heterocycles. The number of carbonyl (C=O) groups excluding carboxylic acids is 2. The molecule has 27 heavy (non-hydrogen) atoms. The van der Waals surface area contributed by atoms with E-state index in [9.17, 15) is 18.0 Å². The van der Waals surface area contributed by atoms with Crippen LogP contribution in [0.25, 0.3) is 0 Å². The van der Waals surface area contributed by atoms with Crippen LogP contribution in [0.4, 0.5) is 5.69 Å². The van der Waals surface area contributed by atoms with Gasteiger partial charge in [-0.05, 0) is 43.3 Å². The molecule has 2 rings (SSSR count). The predicted molar refractivity (Wildman–Crippen MR) is 104 cm³/mol. The Morgan fingerprint density at radius 2 is 1.74 bits per heavy atom. The molecule has 7 nitrogen and oxygen atoms in total. The van der Waals surface area contributed by atoms with Crippen molar-refractivity contribution < 1.29 is 22.7 Å². The molecule has 0 heterocycles. The second-order valence-electron chi connectivity index (χ2n) is 5.60. The number of ether oxygens (including phenoxy) is 1. The minimum absolute atomic E-state index is 0.0594. The van der Waals surface area contributed by atoms with Gasteiger partial charge >= 0.3 is 5.97 Å². The van der Waals surface area contributed by atoms with Crippen molar-refractivity contribution in [1.29, 1.82) is 0 Å². The molecule has 2 aromatic rings. The van der Waals surface area contributed by atoms with Crippen LogP contribution in [0.5, 0.6) is 0 Å². The highest BCUT2D eigenvalue weighted by molar-refractivity contribution is 7.99. The van der Waals surface area contributed by atoms with E-state index < -0.39 is 28.0 Å². The predicted octanol–water partition coefficient (Wildman–Crippen LogP) is 2.39. The maximum absolute atomic E-state index is 12.1. The number of benzene rings is 2. The fourth-order valence-corrected chi connectivity index (χ4v) is 3.42. The SMILES string of the molecule is C[C@@H](OC(=O)CCSc1ccccc1)C(=O)Nc1ccc(S(N)(=O)=O)cc1. The first-order valence-electron chi connectivity index (χ1n) is 8.07. The molecule has 0 aliphatic rings. The molecule has 1 amide bonds. The Morgan fingerprint density at radius 3 is 2.33 bits per heavy atom. The van der Waals surface area contributed by atoms with Crippen LogP contribution in [0, 0.1) is 0 Å². The molecular weight excluding hydrogens is 388 g/mol. The van der Waals surface area contributed by atoms with E-state index in [1.165, 1.54) is 43.0 Å². The number of nitrogens with one attached hydrogen (secondary N) is 1. The van der Waals surface area contributed by atoms with E-state index in [4.69, 9.17) is 9.88 Å². The number of anilines is 1. The van der Waals surface area contributed by atoms with E-state index in [0.717, 1.165) is 4.90 Å². The highest BCUT2D eigenvalue weighted by atomic mass is 32.2. The van der Waals surface area contributed by atoms with Gasteiger partial charge in [0.05, 0.1) is 11.3 Å². The molecule has 0 unspecified atom stereocenters. The molecule has 0 aliphatic carbocycles. The molecule has 0 bridgehead atoms. The smallest absolute Gasteiger partial charge is 0.307 e. The zero-order valence-corrected chi connectivity index (χ0v) is 16.3. The Morgan fingerprint density at radius 1 is 1.11 bits per heavy atom. The van der Waals surface area contributed by atoms with E-state index in [-0.39, 0.29) is 11.3 Å². The lowest BCUT2D eigenvalue weighted by Crippen LogP contribution is -2.30. The quantitative estimate of drug-likeness (QED) is 0.512. The van der Waals surface area contributed by atoms with E-state index in [2.05, 4.69) is 5.32 Å². The maximum Gasteiger partial charge on any atom is 0.307 e. The first-order chi connectivity index (χ1) is 12.8. The summed E-state index contributed by atoms with van der Waals surface area (Å²) in [4.78, 5) is 24.9. The van der Waals surface area contributed by atoms with Crippen molar-refractivity contribution in [3.63, 3.8) is 0 Å². The lowest BCUT2D eigenvalue weighted by atomic mass is 10.3. The lowest BCUT2D eigenvalue weighted by Gasteiger charge is -2.13. The minimum atomic E-state index is -3.79. The van der Waals surface area contributed by atoms with Crippen molar-refractivity contribution in [3.05, 3.63) is 54.6 Å². The van der Waals surface area contributed by atoms with Gasteiger partial charge in [-0.2, -0.15) is 0 Å². The zero-order valence-electron chi connectivity index (χ0n) is 14.6. The Kier molecular flexibility index (Phi) is 7.40. The Hall–Kier alpha value is -2.36. The Balaban J connectivity index is 1.78. The van der Waals surface area contributed by atoms with Crippen LogP contribution in [0.15, 0.2) is 64.4 Å². The van der Waals surface area contributed by atoms with Crippen molar-refractivity contribution in [2.24, 2.45) is 5.14 Å². The largest absolute Gasteiger partial charge is 0.453 e. The van der Waals surface area contributed by atoms with Gasteiger partial charge in [0.25, 0.3) is 5.91 Å². The van der Waals surface area contributed by atoms with Crippen LogP contribution < -0.4 is 10.5 Å². The molecule has 9 heteroatoms. The average molecular weight is 409 g/mol. The topological polar surface area (TPSA) is 116 Å². The van der Waals surface area contributed by atoms with Gasteiger partial charge in [0, 0.05) is 16.3 Å². The van der Waals surface area contributed by atoms with Gasteiger partial charge in [0.15, 0.2) is 6.10 Å². The summed E-state index contributed by atoms with van der Waals surface area (Å²) in [5, 5.41) is 7.56. The number of nitrogens with two attached hydrogens (primary N) is 1. The number of primary sulfonamides is 1. The molecule has 144 valence electrons. The molecule has 0 aromatic heterocycles. The van der Waals surface area contributed by atoms with Crippen molar-refractivity contribution >= 4 is 39.3 Å². The van der Waals surface area contributed by atoms with Crippen LogP contribution in [-0.2, 0) is 24.3 Å². The van der Waals surface area contributed by atoms with Gasteiger partial charge in [0.1, 0.15) is 0 Å². The van der Waals surface area contributed by atoms with Crippen molar-refractivity contribution in [3.8, 4) is 0 Å². The molecule has 2 aromatic carbocycles. The summed E-state index contributed by atoms with van der Waals surface area (Å²) < 4.78 is 27.5. The first-order valence-corrected chi connectivity index (χ1v) is 10.6. The molecule has 0 radical (unpaired) electrons.